The van der Waals surface area contributed by atoms with Crippen molar-refractivity contribution in [2.45, 2.75) is 31.2 Å². The fourth-order valence-corrected chi connectivity index (χ4v) is 4.30. The molecule has 0 aliphatic heterocycles. The van der Waals surface area contributed by atoms with E-state index >= 15 is 0 Å². The number of fused-ring (bicyclic) bond motifs is 1. The second-order valence-electron chi connectivity index (χ2n) is 6.94. The summed E-state index contributed by atoms with van der Waals surface area (Å²) in [6.45, 7) is 4.91. The van der Waals surface area contributed by atoms with Crippen LogP contribution in [0.25, 0.3) is 10.8 Å². The number of halogens is 1. The van der Waals surface area contributed by atoms with Gasteiger partial charge in [0.15, 0.2) is 0 Å². The molecule has 2 N–H and O–H groups in total. The number of nitrogens with one attached hydrogen (secondary N) is 2. The van der Waals surface area contributed by atoms with Gasteiger partial charge in [0.05, 0.1) is 4.90 Å². The molecule has 1 heterocycles. The molecule has 28 heavy (non-hydrogen) atoms. The lowest BCUT2D eigenvalue weighted by molar-refractivity contribution is 0.537. The third-order valence-corrected chi connectivity index (χ3v) is 6.14. The molecule has 0 aliphatic rings. The van der Waals surface area contributed by atoms with Crippen molar-refractivity contribution in [3.63, 3.8) is 0 Å². The molecule has 1 aromatic heterocycles. The fraction of sp³-hybridized carbons (Fsp3) is 0.286. The van der Waals surface area contributed by atoms with Crippen LogP contribution in [0, 0.1) is 12.7 Å². The Labute approximate surface area is 165 Å². The van der Waals surface area contributed by atoms with Crippen LogP contribution in [0.2, 0.25) is 0 Å². The van der Waals surface area contributed by atoms with E-state index in [1.807, 2.05) is 13.8 Å². The largest absolute Gasteiger partial charge is 0.315 e. The zero-order valence-electron chi connectivity index (χ0n) is 15.9. The van der Waals surface area contributed by atoms with Gasteiger partial charge in [-0.3, -0.25) is 4.98 Å². The molecule has 0 amide bonds. The summed E-state index contributed by atoms with van der Waals surface area (Å²) in [5.74, 6) is -0.250. The van der Waals surface area contributed by atoms with Crippen molar-refractivity contribution in [1.29, 1.82) is 0 Å². The lowest BCUT2D eigenvalue weighted by Crippen LogP contribution is -2.40. The van der Waals surface area contributed by atoms with Crippen LogP contribution in [-0.4, -0.2) is 32.5 Å². The van der Waals surface area contributed by atoms with E-state index in [1.54, 1.807) is 42.7 Å². The van der Waals surface area contributed by atoms with E-state index in [0.29, 0.717) is 13.1 Å². The lowest BCUT2D eigenvalue weighted by Gasteiger charge is -2.15. The van der Waals surface area contributed by atoms with Gasteiger partial charge in [0.25, 0.3) is 0 Å². The van der Waals surface area contributed by atoms with Crippen molar-refractivity contribution in [3.05, 3.63) is 71.8 Å². The minimum Gasteiger partial charge on any atom is -0.315 e. The molecule has 2 aromatic carbocycles. The first-order valence-electron chi connectivity index (χ1n) is 9.17. The molecular weight excluding hydrogens is 377 g/mol. The quantitative estimate of drug-likeness (QED) is 0.569. The summed E-state index contributed by atoms with van der Waals surface area (Å²) < 4.78 is 41.0. The van der Waals surface area contributed by atoms with Gasteiger partial charge in [-0.1, -0.05) is 18.2 Å². The first-order chi connectivity index (χ1) is 13.3. The van der Waals surface area contributed by atoms with Crippen LogP contribution >= 0.6 is 0 Å². The standard InChI is InChI=1S/C21H24FN3O2S/c1-15-12-24-14-18-5-8-20(11-21(15)18)28(26,27)25-16(2)13-23-10-9-17-3-6-19(22)7-4-17/h3-8,11-12,14,16,23,25H,9-10,13H2,1-2H3/t16-/m1/s1. The summed E-state index contributed by atoms with van der Waals surface area (Å²) in [6.07, 6.45) is 4.19. The van der Waals surface area contributed by atoms with E-state index in [-0.39, 0.29) is 16.8 Å². The van der Waals surface area contributed by atoms with Gasteiger partial charge < -0.3 is 5.32 Å². The summed E-state index contributed by atoms with van der Waals surface area (Å²) >= 11 is 0. The normalized spacial score (nSPS) is 13.0. The third-order valence-electron chi connectivity index (χ3n) is 4.55. The molecule has 7 heteroatoms. The lowest BCUT2D eigenvalue weighted by atomic mass is 10.1. The van der Waals surface area contributed by atoms with Crippen molar-refractivity contribution in [3.8, 4) is 0 Å². The van der Waals surface area contributed by atoms with Crippen LogP contribution in [0.15, 0.2) is 59.8 Å². The van der Waals surface area contributed by atoms with Crippen LogP contribution in [0.5, 0.6) is 0 Å². The van der Waals surface area contributed by atoms with Gasteiger partial charge in [-0.05, 0) is 67.6 Å². The fourth-order valence-electron chi connectivity index (χ4n) is 3.03. The molecule has 0 saturated carbocycles. The van der Waals surface area contributed by atoms with Crippen LogP contribution in [0.4, 0.5) is 4.39 Å². The Kier molecular flexibility index (Phi) is 6.39. The minimum absolute atomic E-state index is 0.243. The Morgan fingerprint density at radius 3 is 2.61 bits per heavy atom. The van der Waals surface area contributed by atoms with Gasteiger partial charge in [-0.25, -0.2) is 17.5 Å². The average molecular weight is 402 g/mol. The Balaban J connectivity index is 1.56. The number of nitrogens with zero attached hydrogens (tertiary/aromatic N) is 1. The van der Waals surface area contributed by atoms with Crippen molar-refractivity contribution in [1.82, 2.24) is 15.0 Å². The highest BCUT2D eigenvalue weighted by molar-refractivity contribution is 7.89. The van der Waals surface area contributed by atoms with Gasteiger partial charge in [-0.15, -0.1) is 0 Å². The molecule has 0 fully saturated rings. The predicted octanol–water partition coefficient (Wildman–Crippen LogP) is 3.18. The van der Waals surface area contributed by atoms with Crippen LogP contribution < -0.4 is 10.0 Å². The first-order valence-corrected chi connectivity index (χ1v) is 10.7. The van der Waals surface area contributed by atoms with Crippen LogP contribution in [0.1, 0.15) is 18.1 Å². The van der Waals surface area contributed by atoms with Gasteiger partial charge in [0.2, 0.25) is 10.0 Å². The summed E-state index contributed by atoms with van der Waals surface area (Å²) in [4.78, 5) is 4.37. The maximum Gasteiger partial charge on any atom is 0.240 e. The van der Waals surface area contributed by atoms with Crippen LogP contribution in [-0.2, 0) is 16.4 Å². The second-order valence-corrected chi connectivity index (χ2v) is 8.66. The summed E-state index contributed by atoms with van der Waals surface area (Å²) in [7, 11) is -3.61. The van der Waals surface area contributed by atoms with Gasteiger partial charge in [-0.2, -0.15) is 0 Å². The zero-order chi connectivity index (χ0) is 20.1. The van der Waals surface area contributed by atoms with Gasteiger partial charge in [0, 0.05) is 30.4 Å². The summed E-state index contributed by atoms with van der Waals surface area (Å²) in [5, 5.41) is 5.02. The van der Waals surface area contributed by atoms with Crippen molar-refractivity contribution in [2.24, 2.45) is 0 Å². The molecule has 0 spiro atoms. The maximum atomic E-state index is 12.9. The summed E-state index contributed by atoms with van der Waals surface area (Å²) in [6, 6.07) is 11.2. The highest BCUT2D eigenvalue weighted by atomic mass is 32.2. The highest BCUT2D eigenvalue weighted by Crippen LogP contribution is 2.21. The van der Waals surface area contributed by atoms with Crippen molar-refractivity contribution in [2.75, 3.05) is 13.1 Å². The SMILES string of the molecule is Cc1cncc2ccc(S(=O)(=O)N[C@H](C)CNCCc3ccc(F)cc3)cc12. The van der Waals surface area contributed by atoms with E-state index in [4.69, 9.17) is 0 Å². The number of hydrogen-bond acceptors (Lipinski definition) is 4. The monoisotopic (exact) mass is 401 g/mol. The number of benzene rings is 2. The summed E-state index contributed by atoms with van der Waals surface area (Å²) in [5.41, 5.74) is 1.97. The Morgan fingerprint density at radius 1 is 1.11 bits per heavy atom. The Hall–Kier alpha value is -2.35. The Morgan fingerprint density at radius 2 is 1.86 bits per heavy atom. The van der Waals surface area contributed by atoms with E-state index < -0.39 is 10.0 Å². The number of aromatic nitrogens is 1. The molecule has 3 aromatic rings. The number of sulfonamides is 1. The van der Waals surface area contributed by atoms with E-state index in [2.05, 4.69) is 15.0 Å². The molecule has 0 radical (unpaired) electrons. The molecule has 0 bridgehead atoms. The second kappa shape index (κ2) is 8.77. The van der Waals surface area contributed by atoms with Gasteiger partial charge in [0.1, 0.15) is 5.82 Å². The molecule has 0 aliphatic carbocycles. The van der Waals surface area contributed by atoms with Crippen molar-refractivity contribution >= 4 is 20.8 Å². The molecule has 3 rings (SSSR count). The molecule has 0 unspecified atom stereocenters. The predicted molar refractivity (Wildman–Crippen MR) is 109 cm³/mol. The third kappa shape index (κ3) is 5.13. The van der Waals surface area contributed by atoms with Crippen molar-refractivity contribution < 1.29 is 12.8 Å². The number of aryl methyl sites for hydroxylation is 1. The van der Waals surface area contributed by atoms with E-state index in [0.717, 1.165) is 28.3 Å². The van der Waals surface area contributed by atoms with E-state index in [1.165, 1.54) is 12.1 Å². The van der Waals surface area contributed by atoms with Gasteiger partial charge >= 0.3 is 0 Å². The molecular formula is C21H24FN3O2S. The number of pyridine rings is 1. The number of hydrogen-bond donors (Lipinski definition) is 2. The molecule has 0 saturated heterocycles. The highest BCUT2D eigenvalue weighted by Gasteiger charge is 2.18. The smallest absolute Gasteiger partial charge is 0.240 e. The minimum atomic E-state index is -3.61. The molecule has 148 valence electrons. The molecule has 5 nitrogen and oxygen atoms in total. The topological polar surface area (TPSA) is 71.1 Å². The average Bonchev–Trinajstić information content (AvgIpc) is 2.66. The number of rotatable bonds is 8. The zero-order valence-corrected chi connectivity index (χ0v) is 16.8. The van der Waals surface area contributed by atoms with E-state index in [9.17, 15) is 12.8 Å². The first kappa shape index (κ1) is 20.4. The Bertz CT molecular complexity index is 1050. The molecule has 1 atom stereocenters. The van der Waals surface area contributed by atoms with Crippen LogP contribution in [0.3, 0.4) is 0 Å². The maximum absolute atomic E-state index is 12.9.